The third-order valence-corrected chi connectivity index (χ3v) is 2.40. The highest BCUT2D eigenvalue weighted by Crippen LogP contribution is 2.45. The number of aromatic amines is 1. The Bertz CT molecular complexity index is 550. The van der Waals surface area contributed by atoms with E-state index in [1.165, 1.54) is 0 Å². The maximum absolute atomic E-state index is 9.98. The number of benzene rings is 1. The Balaban J connectivity index is 2.15. The number of H-pyrrole nitrogens is 1. The number of nitrogen functional groups attached to an aromatic ring is 1. The van der Waals surface area contributed by atoms with Crippen molar-refractivity contribution in [1.82, 2.24) is 10.2 Å². The van der Waals surface area contributed by atoms with Gasteiger partial charge in [0.05, 0.1) is 5.69 Å². The van der Waals surface area contributed by atoms with Crippen LogP contribution in [-0.2, 0) is 0 Å². The van der Waals surface area contributed by atoms with Gasteiger partial charge in [0.2, 0.25) is 12.5 Å². The molecule has 0 aliphatic carbocycles. The molecule has 0 amide bonds. The second-order valence-corrected chi connectivity index (χ2v) is 3.40. The summed E-state index contributed by atoms with van der Waals surface area (Å²) in [5.41, 5.74) is 6.71. The van der Waals surface area contributed by atoms with Gasteiger partial charge in [0.15, 0.2) is 11.5 Å². The molecule has 2 heterocycles. The summed E-state index contributed by atoms with van der Waals surface area (Å²) in [7, 11) is 0. The second-order valence-electron chi connectivity index (χ2n) is 3.40. The van der Waals surface area contributed by atoms with Crippen molar-refractivity contribution < 1.29 is 14.6 Å². The van der Waals surface area contributed by atoms with Gasteiger partial charge in [0.1, 0.15) is 5.82 Å². The average molecular weight is 219 g/mol. The number of nitrogens with one attached hydrogen (secondary N) is 1. The lowest BCUT2D eigenvalue weighted by Crippen LogP contribution is -1.93. The molecule has 16 heavy (non-hydrogen) atoms. The first-order valence-corrected chi connectivity index (χ1v) is 4.68. The van der Waals surface area contributed by atoms with Crippen LogP contribution in [0.4, 0.5) is 5.82 Å². The molecule has 0 unspecified atom stereocenters. The molecule has 0 saturated heterocycles. The third-order valence-electron chi connectivity index (χ3n) is 2.40. The second kappa shape index (κ2) is 3.06. The number of hydrogen-bond donors (Lipinski definition) is 3. The summed E-state index contributed by atoms with van der Waals surface area (Å²) in [6.07, 6.45) is 0. The molecule has 2 aromatic rings. The molecular weight excluding hydrogens is 210 g/mol. The zero-order chi connectivity index (χ0) is 11.1. The molecular formula is C10H9N3O3. The van der Waals surface area contributed by atoms with Crippen molar-refractivity contribution in [3.63, 3.8) is 0 Å². The lowest BCUT2D eigenvalue weighted by molar-refractivity contribution is 0.171. The van der Waals surface area contributed by atoms with Crippen molar-refractivity contribution in [3.8, 4) is 28.5 Å². The number of ether oxygens (including phenoxy) is 2. The normalized spacial score (nSPS) is 13.0. The molecule has 3 rings (SSSR count). The number of phenolic OH excluding ortho intramolecular Hbond substituents is 1. The summed E-state index contributed by atoms with van der Waals surface area (Å²) in [6, 6.07) is 5.08. The molecule has 1 aromatic carbocycles. The molecule has 4 N–H and O–H groups in total. The Labute approximate surface area is 90.6 Å². The highest BCUT2D eigenvalue weighted by Gasteiger charge is 2.21. The zero-order valence-corrected chi connectivity index (χ0v) is 8.23. The van der Waals surface area contributed by atoms with Crippen molar-refractivity contribution in [2.24, 2.45) is 0 Å². The highest BCUT2D eigenvalue weighted by molar-refractivity contribution is 5.74. The highest BCUT2D eigenvalue weighted by atomic mass is 16.7. The fourth-order valence-electron chi connectivity index (χ4n) is 1.65. The molecule has 1 aliphatic heterocycles. The first kappa shape index (κ1) is 8.90. The van der Waals surface area contributed by atoms with Gasteiger partial charge >= 0.3 is 0 Å². The van der Waals surface area contributed by atoms with Gasteiger partial charge in [-0.15, -0.1) is 0 Å². The van der Waals surface area contributed by atoms with Crippen molar-refractivity contribution in [2.75, 3.05) is 12.5 Å². The maximum atomic E-state index is 9.98. The van der Waals surface area contributed by atoms with Crippen LogP contribution in [0.2, 0.25) is 0 Å². The summed E-state index contributed by atoms with van der Waals surface area (Å²) in [6.45, 7) is 0.122. The first-order valence-electron chi connectivity index (χ1n) is 4.68. The monoisotopic (exact) mass is 219 g/mol. The Morgan fingerprint density at radius 3 is 3.00 bits per heavy atom. The van der Waals surface area contributed by atoms with Crippen LogP contribution in [0.1, 0.15) is 0 Å². The summed E-state index contributed by atoms with van der Waals surface area (Å²) >= 11 is 0. The van der Waals surface area contributed by atoms with Crippen LogP contribution in [0.3, 0.4) is 0 Å². The van der Waals surface area contributed by atoms with Crippen LogP contribution in [0.25, 0.3) is 11.3 Å². The Hall–Kier alpha value is -2.37. The fraction of sp³-hybridized carbons (Fsp3) is 0.100. The topological polar surface area (TPSA) is 93.4 Å². The molecule has 0 saturated carbocycles. The molecule has 82 valence electrons. The molecule has 0 atom stereocenters. The van der Waals surface area contributed by atoms with Gasteiger partial charge in [0.25, 0.3) is 0 Å². The average Bonchev–Trinajstić information content (AvgIpc) is 2.87. The predicted molar refractivity (Wildman–Crippen MR) is 56.2 cm³/mol. The lowest BCUT2D eigenvalue weighted by Gasteiger charge is -2.04. The summed E-state index contributed by atoms with van der Waals surface area (Å²) in [5.74, 6) is 1.28. The van der Waals surface area contributed by atoms with E-state index in [1.54, 1.807) is 18.2 Å². The first-order chi connectivity index (χ1) is 7.75. The molecule has 1 aromatic heterocycles. The Morgan fingerprint density at radius 1 is 1.38 bits per heavy atom. The Kier molecular flexibility index (Phi) is 1.70. The van der Waals surface area contributed by atoms with Gasteiger partial charge in [-0.05, 0) is 12.1 Å². The standard InChI is InChI=1S/C10H9N3O3/c11-8-3-6(12-13-8)5-1-2-7-10(9(5)14)16-4-15-7/h1-3,14H,4H2,(H3,11,12,13). The maximum Gasteiger partial charge on any atom is 0.231 e. The number of hydrogen-bond acceptors (Lipinski definition) is 5. The number of anilines is 1. The summed E-state index contributed by atoms with van der Waals surface area (Å²) in [4.78, 5) is 0. The van der Waals surface area contributed by atoms with Crippen LogP contribution in [-0.4, -0.2) is 22.1 Å². The van der Waals surface area contributed by atoms with Gasteiger partial charge in [-0.2, -0.15) is 5.10 Å². The number of nitrogens with two attached hydrogens (primary N) is 1. The van der Waals surface area contributed by atoms with Crippen LogP contribution in [0.15, 0.2) is 18.2 Å². The van der Waals surface area contributed by atoms with E-state index in [1.807, 2.05) is 0 Å². The van der Waals surface area contributed by atoms with Crippen molar-refractivity contribution >= 4 is 5.82 Å². The molecule has 0 fully saturated rings. The van der Waals surface area contributed by atoms with Gasteiger partial charge in [-0.1, -0.05) is 0 Å². The quantitative estimate of drug-likeness (QED) is 0.667. The van der Waals surface area contributed by atoms with E-state index < -0.39 is 0 Å². The third kappa shape index (κ3) is 1.16. The minimum absolute atomic E-state index is 0.0265. The number of aromatic hydroxyl groups is 1. The molecule has 6 nitrogen and oxygen atoms in total. The fourth-order valence-corrected chi connectivity index (χ4v) is 1.65. The van der Waals surface area contributed by atoms with Crippen LogP contribution >= 0.6 is 0 Å². The van der Waals surface area contributed by atoms with E-state index in [2.05, 4.69) is 10.2 Å². The van der Waals surface area contributed by atoms with E-state index >= 15 is 0 Å². The minimum Gasteiger partial charge on any atom is -0.504 e. The SMILES string of the molecule is Nc1cc(-c2ccc3c(c2O)OCO3)[nH]n1. The number of nitrogens with zero attached hydrogens (tertiary/aromatic N) is 1. The molecule has 0 spiro atoms. The predicted octanol–water partition coefficient (Wildman–Crippen LogP) is 1.09. The van der Waals surface area contributed by atoms with Crippen LogP contribution in [0, 0.1) is 0 Å². The molecule has 0 bridgehead atoms. The van der Waals surface area contributed by atoms with Gasteiger partial charge in [0, 0.05) is 11.6 Å². The van der Waals surface area contributed by atoms with Gasteiger partial charge in [-0.25, -0.2) is 0 Å². The van der Waals surface area contributed by atoms with Crippen molar-refractivity contribution in [3.05, 3.63) is 18.2 Å². The smallest absolute Gasteiger partial charge is 0.231 e. The number of phenols is 1. The minimum atomic E-state index is 0.0265. The van der Waals surface area contributed by atoms with E-state index in [0.717, 1.165) is 0 Å². The number of fused-ring (bicyclic) bond motifs is 1. The van der Waals surface area contributed by atoms with Gasteiger partial charge in [-0.3, -0.25) is 5.10 Å². The van der Waals surface area contributed by atoms with Crippen molar-refractivity contribution in [1.29, 1.82) is 0 Å². The van der Waals surface area contributed by atoms with E-state index in [-0.39, 0.29) is 12.5 Å². The summed E-state index contributed by atoms with van der Waals surface area (Å²) in [5, 5.41) is 16.5. The van der Waals surface area contributed by atoms with E-state index in [9.17, 15) is 5.11 Å². The largest absolute Gasteiger partial charge is 0.504 e. The van der Waals surface area contributed by atoms with E-state index in [0.29, 0.717) is 28.6 Å². The lowest BCUT2D eigenvalue weighted by atomic mass is 10.1. The van der Waals surface area contributed by atoms with Crippen LogP contribution in [0.5, 0.6) is 17.2 Å². The molecule has 0 radical (unpaired) electrons. The number of aromatic nitrogens is 2. The van der Waals surface area contributed by atoms with E-state index in [4.69, 9.17) is 15.2 Å². The van der Waals surface area contributed by atoms with Crippen LogP contribution < -0.4 is 15.2 Å². The van der Waals surface area contributed by atoms with Gasteiger partial charge < -0.3 is 20.3 Å². The zero-order valence-electron chi connectivity index (χ0n) is 8.23. The summed E-state index contributed by atoms with van der Waals surface area (Å²) < 4.78 is 10.3. The Morgan fingerprint density at radius 2 is 2.25 bits per heavy atom. The molecule has 1 aliphatic rings. The number of rotatable bonds is 1. The molecule has 6 heteroatoms. The van der Waals surface area contributed by atoms with Crippen molar-refractivity contribution in [2.45, 2.75) is 0 Å².